The lowest BCUT2D eigenvalue weighted by atomic mass is 10.3. The molecule has 0 bridgehead atoms. The first kappa shape index (κ1) is 15.3. The number of ether oxygens (including phenoxy) is 1. The SMILES string of the molecule is COCCNC(=O)CCCSc1ccc(Cl)cc1. The average molecular weight is 288 g/mol. The van der Waals surface area contributed by atoms with Crippen molar-refractivity contribution in [2.75, 3.05) is 26.0 Å². The molecule has 1 aromatic carbocycles. The van der Waals surface area contributed by atoms with Crippen LogP contribution in [0.4, 0.5) is 0 Å². The van der Waals surface area contributed by atoms with E-state index in [4.69, 9.17) is 16.3 Å². The Bertz CT molecular complexity index is 357. The van der Waals surface area contributed by atoms with Gasteiger partial charge < -0.3 is 10.1 Å². The van der Waals surface area contributed by atoms with Crippen molar-refractivity contribution in [3.63, 3.8) is 0 Å². The molecule has 1 rings (SSSR count). The zero-order valence-electron chi connectivity index (χ0n) is 10.4. The maximum absolute atomic E-state index is 11.4. The first-order chi connectivity index (χ1) is 8.72. The summed E-state index contributed by atoms with van der Waals surface area (Å²) < 4.78 is 4.86. The molecule has 100 valence electrons. The highest BCUT2D eigenvalue weighted by molar-refractivity contribution is 7.99. The van der Waals surface area contributed by atoms with Gasteiger partial charge in [0.05, 0.1) is 6.61 Å². The Hall–Kier alpha value is -0.710. The number of methoxy groups -OCH3 is 1. The molecule has 0 heterocycles. The van der Waals surface area contributed by atoms with E-state index < -0.39 is 0 Å². The summed E-state index contributed by atoms with van der Waals surface area (Å²) in [5.41, 5.74) is 0. The third-order valence-corrected chi connectivity index (χ3v) is 3.61. The largest absolute Gasteiger partial charge is 0.383 e. The number of carbonyl (C=O) groups is 1. The van der Waals surface area contributed by atoms with Crippen molar-refractivity contribution >= 4 is 29.3 Å². The first-order valence-electron chi connectivity index (χ1n) is 5.86. The van der Waals surface area contributed by atoms with E-state index in [-0.39, 0.29) is 5.91 Å². The molecule has 18 heavy (non-hydrogen) atoms. The summed E-state index contributed by atoms with van der Waals surface area (Å²) in [6, 6.07) is 7.74. The summed E-state index contributed by atoms with van der Waals surface area (Å²) in [5.74, 6) is 1.02. The van der Waals surface area contributed by atoms with Gasteiger partial charge in [-0.25, -0.2) is 0 Å². The fourth-order valence-electron chi connectivity index (χ4n) is 1.33. The van der Waals surface area contributed by atoms with Crippen LogP contribution in [0.5, 0.6) is 0 Å². The van der Waals surface area contributed by atoms with Crippen LogP contribution in [0.3, 0.4) is 0 Å². The molecule has 0 aliphatic rings. The Labute approximate surface area is 117 Å². The lowest BCUT2D eigenvalue weighted by Gasteiger charge is -2.04. The van der Waals surface area contributed by atoms with Crippen molar-refractivity contribution in [3.05, 3.63) is 29.3 Å². The Morgan fingerprint density at radius 3 is 2.78 bits per heavy atom. The van der Waals surface area contributed by atoms with Gasteiger partial charge in [-0.3, -0.25) is 4.79 Å². The fraction of sp³-hybridized carbons (Fsp3) is 0.462. The molecule has 1 N–H and O–H groups in total. The van der Waals surface area contributed by atoms with Crippen LogP contribution in [0.25, 0.3) is 0 Å². The Balaban J connectivity index is 2.07. The molecular weight excluding hydrogens is 270 g/mol. The third-order valence-electron chi connectivity index (χ3n) is 2.26. The number of halogens is 1. The molecule has 3 nitrogen and oxygen atoms in total. The summed E-state index contributed by atoms with van der Waals surface area (Å²) in [4.78, 5) is 12.6. The van der Waals surface area contributed by atoms with E-state index in [0.717, 1.165) is 17.2 Å². The maximum Gasteiger partial charge on any atom is 0.220 e. The highest BCUT2D eigenvalue weighted by Gasteiger charge is 2.00. The van der Waals surface area contributed by atoms with Gasteiger partial charge in [0, 0.05) is 30.0 Å². The van der Waals surface area contributed by atoms with Gasteiger partial charge in [-0.1, -0.05) is 11.6 Å². The topological polar surface area (TPSA) is 38.3 Å². The zero-order valence-corrected chi connectivity index (χ0v) is 12.0. The predicted molar refractivity (Wildman–Crippen MR) is 76.3 cm³/mol. The highest BCUT2D eigenvalue weighted by atomic mass is 35.5. The molecule has 0 saturated carbocycles. The lowest BCUT2D eigenvalue weighted by Crippen LogP contribution is -2.26. The summed E-state index contributed by atoms with van der Waals surface area (Å²) in [7, 11) is 1.62. The molecule has 1 aromatic rings. The van der Waals surface area contributed by atoms with E-state index in [1.54, 1.807) is 18.9 Å². The average Bonchev–Trinajstić information content (AvgIpc) is 2.37. The van der Waals surface area contributed by atoms with Crippen LogP contribution in [-0.4, -0.2) is 31.9 Å². The molecule has 0 radical (unpaired) electrons. The Morgan fingerprint density at radius 2 is 2.11 bits per heavy atom. The van der Waals surface area contributed by atoms with Gasteiger partial charge in [-0.05, 0) is 36.4 Å². The van der Waals surface area contributed by atoms with Crippen LogP contribution < -0.4 is 5.32 Å². The molecule has 0 fully saturated rings. The number of hydrogen-bond donors (Lipinski definition) is 1. The minimum absolute atomic E-state index is 0.0868. The fourth-order valence-corrected chi connectivity index (χ4v) is 2.31. The molecule has 0 aromatic heterocycles. The number of rotatable bonds is 8. The standard InChI is InChI=1S/C13H18ClNO2S/c1-17-9-8-15-13(16)3-2-10-18-12-6-4-11(14)5-7-12/h4-7H,2-3,8-10H2,1H3,(H,15,16). The Kier molecular flexibility index (Phi) is 7.89. The molecule has 0 aliphatic heterocycles. The second kappa shape index (κ2) is 9.25. The minimum atomic E-state index is 0.0868. The van der Waals surface area contributed by atoms with Gasteiger partial charge in [0.25, 0.3) is 0 Å². The second-order valence-electron chi connectivity index (χ2n) is 3.75. The number of amides is 1. The lowest BCUT2D eigenvalue weighted by molar-refractivity contribution is -0.121. The van der Waals surface area contributed by atoms with Crippen molar-refractivity contribution in [2.45, 2.75) is 17.7 Å². The van der Waals surface area contributed by atoms with Crippen LogP contribution in [0.15, 0.2) is 29.2 Å². The van der Waals surface area contributed by atoms with Gasteiger partial charge in [-0.2, -0.15) is 0 Å². The van der Waals surface area contributed by atoms with Crippen LogP contribution in [-0.2, 0) is 9.53 Å². The number of hydrogen-bond acceptors (Lipinski definition) is 3. The van der Waals surface area contributed by atoms with Gasteiger partial charge in [0.2, 0.25) is 5.91 Å². The van der Waals surface area contributed by atoms with E-state index in [2.05, 4.69) is 5.32 Å². The van der Waals surface area contributed by atoms with Crippen molar-refractivity contribution in [1.29, 1.82) is 0 Å². The molecule has 0 saturated heterocycles. The number of carbonyl (C=O) groups excluding carboxylic acids is 1. The highest BCUT2D eigenvalue weighted by Crippen LogP contribution is 2.21. The van der Waals surface area contributed by atoms with Crippen LogP contribution in [0, 0.1) is 0 Å². The number of thioether (sulfide) groups is 1. The van der Waals surface area contributed by atoms with E-state index in [1.165, 1.54) is 4.90 Å². The van der Waals surface area contributed by atoms with Crippen LogP contribution in [0.2, 0.25) is 5.02 Å². The first-order valence-corrected chi connectivity index (χ1v) is 7.22. The molecule has 0 spiro atoms. The normalized spacial score (nSPS) is 10.3. The maximum atomic E-state index is 11.4. The van der Waals surface area contributed by atoms with Gasteiger partial charge in [0.1, 0.15) is 0 Å². The number of benzene rings is 1. The molecule has 5 heteroatoms. The molecule has 1 amide bonds. The van der Waals surface area contributed by atoms with Crippen LogP contribution in [0.1, 0.15) is 12.8 Å². The van der Waals surface area contributed by atoms with Crippen LogP contribution >= 0.6 is 23.4 Å². The van der Waals surface area contributed by atoms with E-state index in [9.17, 15) is 4.79 Å². The van der Waals surface area contributed by atoms with Crippen molar-refractivity contribution in [2.24, 2.45) is 0 Å². The summed E-state index contributed by atoms with van der Waals surface area (Å²) in [5, 5.41) is 3.55. The van der Waals surface area contributed by atoms with Gasteiger partial charge in [0.15, 0.2) is 0 Å². The van der Waals surface area contributed by atoms with Gasteiger partial charge >= 0.3 is 0 Å². The summed E-state index contributed by atoms with van der Waals surface area (Å²) in [6.45, 7) is 1.14. The van der Waals surface area contributed by atoms with E-state index in [1.807, 2.05) is 24.3 Å². The summed E-state index contributed by atoms with van der Waals surface area (Å²) >= 11 is 7.54. The van der Waals surface area contributed by atoms with Crippen molar-refractivity contribution in [3.8, 4) is 0 Å². The van der Waals surface area contributed by atoms with E-state index >= 15 is 0 Å². The second-order valence-corrected chi connectivity index (χ2v) is 5.35. The summed E-state index contributed by atoms with van der Waals surface area (Å²) in [6.07, 6.45) is 1.43. The predicted octanol–water partition coefficient (Wildman–Crippen LogP) is 2.97. The molecule has 0 aliphatic carbocycles. The zero-order chi connectivity index (χ0) is 13.2. The van der Waals surface area contributed by atoms with Crippen molar-refractivity contribution in [1.82, 2.24) is 5.32 Å². The number of nitrogens with one attached hydrogen (secondary N) is 1. The van der Waals surface area contributed by atoms with E-state index in [0.29, 0.717) is 19.6 Å². The molecular formula is C13H18ClNO2S. The third kappa shape index (κ3) is 6.89. The molecule has 0 unspecified atom stereocenters. The Morgan fingerprint density at radius 1 is 1.39 bits per heavy atom. The smallest absolute Gasteiger partial charge is 0.220 e. The van der Waals surface area contributed by atoms with Gasteiger partial charge in [-0.15, -0.1) is 11.8 Å². The van der Waals surface area contributed by atoms with Crippen molar-refractivity contribution < 1.29 is 9.53 Å². The molecule has 0 atom stereocenters. The minimum Gasteiger partial charge on any atom is -0.383 e. The quantitative estimate of drug-likeness (QED) is 0.590. The monoisotopic (exact) mass is 287 g/mol.